The van der Waals surface area contributed by atoms with E-state index in [1.807, 2.05) is 20.8 Å². The van der Waals surface area contributed by atoms with Crippen LogP contribution < -0.4 is 10.6 Å². The van der Waals surface area contributed by atoms with Crippen LogP contribution in [-0.2, 0) is 5.41 Å². The molecule has 2 amide bonds. The third-order valence-electron chi connectivity index (χ3n) is 4.99. The van der Waals surface area contributed by atoms with E-state index in [4.69, 9.17) is 23.2 Å². The highest BCUT2D eigenvalue weighted by atomic mass is 35.5. The topological polar surface area (TPSA) is 151 Å². The average Bonchev–Trinajstić information content (AvgIpc) is 3.52. The van der Waals surface area contributed by atoms with Crippen molar-refractivity contribution in [1.82, 2.24) is 40.4 Å². The van der Waals surface area contributed by atoms with Gasteiger partial charge in [0.15, 0.2) is 22.5 Å². The van der Waals surface area contributed by atoms with Crippen LogP contribution in [0.4, 0.5) is 5.82 Å². The summed E-state index contributed by atoms with van der Waals surface area (Å²) in [6.45, 7) is 7.69. The van der Waals surface area contributed by atoms with Crippen molar-refractivity contribution in [3.8, 4) is 11.5 Å². The van der Waals surface area contributed by atoms with Gasteiger partial charge in [-0.3, -0.25) is 9.59 Å². The van der Waals surface area contributed by atoms with Gasteiger partial charge in [-0.2, -0.15) is 0 Å². The lowest BCUT2D eigenvalue weighted by molar-refractivity contribution is 0.0934. The number of nitrogens with one attached hydrogen (secondary N) is 3. The highest BCUT2D eigenvalue weighted by molar-refractivity contribution is 7.13. The standard InChI is InChI=1S/C22H21Cl2N9O2S/c1-10(30-20(35)16-14(23)15(28-9-29-16)18-25-5-6-26-18)21-27-8-12(36-21)19(34)31-13-7-11(22(2,3)4)17(24)33-32-13/h5-10H,1-4H3,(H,25,26)(H,30,35)(H,31,32,34). The molecule has 0 saturated carbocycles. The molecule has 1 atom stereocenters. The van der Waals surface area contributed by atoms with Gasteiger partial charge in [-0.1, -0.05) is 44.0 Å². The maximum Gasteiger partial charge on any atom is 0.272 e. The van der Waals surface area contributed by atoms with E-state index in [1.54, 1.807) is 25.4 Å². The lowest BCUT2D eigenvalue weighted by atomic mass is 9.88. The van der Waals surface area contributed by atoms with Crippen molar-refractivity contribution >= 4 is 52.2 Å². The Hall–Kier alpha value is -3.48. The van der Waals surface area contributed by atoms with E-state index in [0.29, 0.717) is 21.4 Å². The van der Waals surface area contributed by atoms with Gasteiger partial charge in [0.2, 0.25) is 0 Å². The molecular weight excluding hydrogens is 525 g/mol. The Labute approximate surface area is 220 Å². The minimum atomic E-state index is -0.523. The van der Waals surface area contributed by atoms with E-state index in [1.165, 1.54) is 12.5 Å². The normalized spacial score (nSPS) is 12.3. The number of H-pyrrole nitrogens is 1. The number of hydrogen-bond donors (Lipinski definition) is 3. The quantitative estimate of drug-likeness (QED) is 0.321. The molecule has 0 aromatic carbocycles. The Morgan fingerprint density at radius 2 is 1.86 bits per heavy atom. The third-order valence-corrected chi connectivity index (χ3v) is 6.81. The van der Waals surface area contributed by atoms with Gasteiger partial charge in [-0.05, 0) is 18.4 Å². The molecule has 4 aromatic heterocycles. The molecule has 0 aliphatic heterocycles. The first kappa shape index (κ1) is 25.6. The second-order valence-electron chi connectivity index (χ2n) is 8.72. The molecule has 4 heterocycles. The maximum atomic E-state index is 12.8. The Morgan fingerprint density at radius 1 is 1.08 bits per heavy atom. The number of imidazole rings is 1. The summed E-state index contributed by atoms with van der Waals surface area (Å²) >= 11 is 13.6. The van der Waals surface area contributed by atoms with Crippen LogP contribution in [0.15, 0.2) is 31.0 Å². The average molecular weight is 546 g/mol. The van der Waals surface area contributed by atoms with Crippen molar-refractivity contribution in [2.45, 2.75) is 39.2 Å². The van der Waals surface area contributed by atoms with E-state index >= 15 is 0 Å². The SMILES string of the molecule is CC(NC(=O)c1ncnc(-c2ncc[nH]2)c1Cl)c1ncc(C(=O)Nc2cc(C(C)(C)C)c(Cl)nn2)s1. The number of halogens is 2. The van der Waals surface area contributed by atoms with Gasteiger partial charge in [-0.25, -0.2) is 19.9 Å². The smallest absolute Gasteiger partial charge is 0.272 e. The Morgan fingerprint density at radius 3 is 2.56 bits per heavy atom. The minimum absolute atomic E-state index is 0.00425. The summed E-state index contributed by atoms with van der Waals surface area (Å²) in [5.74, 6) is -0.234. The Balaban J connectivity index is 1.45. The number of nitrogens with zero attached hydrogens (tertiary/aromatic N) is 6. The molecule has 0 radical (unpaired) electrons. The summed E-state index contributed by atoms with van der Waals surface area (Å²) in [6.07, 6.45) is 5.84. The van der Waals surface area contributed by atoms with Gasteiger partial charge in [0.25, 0.3) is 11.8 Å². The summed E-state index contributed by atoms with van der Waals surface area (Å²) in [4.78, 5) is 45.3. The Kier molecular flexibility index (Phi) is 7.29. The van der Waals surface area contributed by atoms with Crippen molar-refractivity contribution in [2.24, 2.45) is 0 Å². The Bertz CT molecular complexity index is 1420. The van der Waals surface area contributed by atoms with Crippen molar-refractivity contribution in [3.05, 3.63) is 62.3 Å². The van der Waals surface area contributed by atoms with Gasteiger partial charge >= 0.3 is 0 Å². The molecule has 0 spiro atoms. The van der Waals surface area contributed by atoms with E-state index in [0.717, 1.165) is 16.9 Å². The number of carbonyl (C=O) groups is 2. The van der Waals surface area contributed by atoms with Crippen LogP contribution in [-0.4, -0.2) is 46.9 Å². The molecule has 14 heteroatoms. The van der Waals surface area contributed by atoms with Crippen molar-refractivity contribution in [3.63, 3.8) is 0 Å². The highest BCUT2D eigenvalue weighted by Gasteiger charge is 2.23. The second-order valence-corrected chi connectivity index (χ2v) is 10.5. The van der Waals surface area contributed by atoms with E-state index in [-0.39, 0.29) is 27.1 Å². The number of rotatable bonds is 6. The number of thiazole rings is 1. The first-order valence-corrected chi connectivity index (χ1v) is 12.2. The molecule has 0 aliphatic rings. The van der Waals surface area contributed by atoms with Crippen LogP contribution in [0.2, 0.25) is 10.2 Å². The zero-order chi connectivity index (χ0) is 26.0. The zero-order valence-corrected chi connectivity index (χ0v) is 22.0. The van der Waals surface area contributed by atoms with Gasteiger partial charge < -0.3 is 15.6 Å². The molecule has 0 saturated heterocycles. The molecule has 0 bridgehead atoms. The molecular formula is C22H21Cl2N9O2S. The van der Waals surface area contributed by atoms with Crippen LogP contribution in [0.3, 0.4) is 0 Å². The van der Waals surface area contributed by atoms with Crippen molar-refractivity contribution in [2.75, 3.05) is 5.32 Å². The molecule has 0 aliphatic carbocycles. The fourth-order valence-corrected chi connectivity index (χ4v) is 4.61. The van der Waals surface area contributed by atoms with Crippen LogP contribution >= 0.6 is 34.5 Å². The van der Waals surface area contributed by atoms with Crippen molar-refractivity contribution in [1.29, 1.82) is 0 Å². The molecule has 1 unspecified atom stereocenters. The van der Waals surface area contributed by atoms with E-state index in [9.17, 15) is 9.59 Å². The van der Waals surface area contributed by atoms with Crippen molar-refractivity contribution < 1.29 is 9.59 Å². The summed E-state index contributed by atoms with van der Waals surface area (Å²) in [7, 11) is 0. The van der Waals surface area contributed by atoms with Crippen LogP contribution in [0.5, 0.6) is 0 Å². The molecule has 36 heavy (non-hydrogen) atoms. The molecule has 0 fully saturated rings. The molecule has 4 aromatic rings. The maximum absolute atomic E-state index is 12.8. The number of aromatic amines is 1. The van der Waals surface area contributed by atoms with Gasteiger partial charge in [-0.15, -0.1) is 21.5 Å². The minimum Gasteiger partial charge on any atom is -0.343 e. The summed E-state index contributed by atoms with van der Waals surface area (Å²) in [5, 5.41) is 14.2. The summed E-state index contributed by atoms with van der Waals surface area (Å²) < 4.78 is 0. The molecule has 4 rings (SSSR count). The number of hydrogen-bond acceptors (Lipinski definition) is 9. The largest absolute Gasteiger partial charge is 0.343 e. The fourth-order valence-electron chi connectivity index (χ4n) is 3.15. The predicted molar refractivity (Wildman–Crippen MR) is 136 cm³/mol. The lowest BCUT2D eigenvalue weighted by Gasteiger charge is -2.20. The molecule has 3 N–H and O–H groups in total. The monoisotopic (exact) mass is 545 g/mol. The predicted octanol–water partition coefficient (Wildman–Crippen LogP) is 4.46. The second kappa shape index (κ2) is 10.2. The lowest BCUT2D eigenvalue weighted by Crippen LogP contribution is -2.28. The third kappa shape index (κ3) is 5.50. The number of aromatic nitrogens is 7. The zero-order valence-electron chi connectivity index (χ0n) is 19.6. The van der Waals surface area contributed by atoms with E-state index in [2.05, 4.69) is 45.8 Å². The summed E-state index contributed by atoms with van der Waals surface area (Å²) in [5.41, 5.74) is 0.788. The van der Waals surface area contributed by atoms with E-state index < -0.39 is 17.9 Å². The fraction of sp³-hybridized carbons (Fsp3) is 0.273. The number of carbonyl (C=O) groups excluding carboxylic acids is 2. The highest BCUT2D eigenvalue weighted by Crippen LogP contribution is 2.30. The van der Waals surface area contributed by atoms with Crippen LogP contribution in [0, 0.1) is 0 Å². The molecule has 186 valence electrons. The summed E-state index contributed by atoms with van der Waals surface area (Å²) in [6, 6.07) is 1.17. The first-order chi connectivity index (χ1) is 17.0. The van der Waals surface area contributed by atoms with Gasteiger partial charge in [0.05, 0.1) is 12.2 Å². The van der Waals surface area contributed by atoms with Gasteiger partial charge in [0, 0.05) is 18.0 Å². The number of anilines is 1. The van der Waals surface area contributed by atoms with Crippen LogP contribution in [0.1, 0.15) is 64.5 Å². The van der Waals surface area contributed by atoms with Crippen LogP contribution in [0.25, 0.3) is 11.5 Å². The van der Waals surface area contributed by atoms with Gasteiger partial charge in [0.1, 0.15) is 26.9 Å². The molecule has 11 nitrogen and oxygen atoms in total. The first-order valence-electron chi connectivity index (χ1n) is 10.7. The number of amides is 2.